The molecule has 182 valence electrons. The van der Waals surface area contributed by atoms with E-state index in [2.05, 4.69) is 117 Å². The number of nitrogens with zero attached hydrogens (tertiary/aromatic N) is 5. The van der Waals surface area contributed by atoms with Gasteiger partial charge < -0.3 is 9.64 Å². The zero-order valence-electron chi connectivity index (χ0n) is 21.0. The summed E-state index contributed by atoms with van der Waals surface area (Å²) in [7, 11) is 2.14. The first-order chi connectivity index (χ1) is 19.3. The van der Waals surface area contributed by atoms with Crippen molar-refractivity contribution in [1.29, 1.82) is 0 Å². The predicted octanol–water partition coefficient (Wildman–Crippen LogP) is 5.96. The van der Waals surface area contributed by atoms with Crippen LogP contribution in [0.15, 0.2) is 96.2 Å². The highest BCUT2D eigenvalue weighted by atomic mass is 16.5. The van der Waals surface area contributed by atoms with Crippen molar-refractivity contribution in [1.82, 2.24) is 9.47 Å². The molecule has 39 heavy (non-hydrogen) atoms. The van der Waals surface area contributed by atoms with Gasteiger partial charge in [-0.05, 0) is 53.6 Å². The van der Waals surface area contributed by atoms with Crippen molar-refractivity contribution < 1.29 is 9.30 Å². The van der Waals surface area contributed by atoms with Crippen LogP contribution in [0.25, 0.3) is 49.9 Å². The minimum atomic E-state index is -0.556. The van der Waals surface area contributed by atoms with Gasteiger partial charge in [-0.15, -0.1) is 0 Å². The van der Waals surface area contributed by atoms with Crippen molar-refractivity contribution in [3.05, 3.63) is 102 Å². The molecule has 2 aromatic heterocycles. The Morgan fingerprint density at radius 1 is 0.744 bits per heavy atom. The highest BCUT2D eigenvalue weighted by Gasteiger charge is 2.68. The Morgan fingerprint density at radius 2 is 1.51 bits per heavy atom. The van der Waals surface area contributed by atoms with Crippen LogP contribution in [0.2, 0.25) is 0 Å². The molecule has 0 aliphatic carbocycles. The quantitative estimate of drug-likeness (QED) is 0.240. The Kier molecular flexibility index (Phi) is 2.84. The lowest BCUT2D eigenvalue weighted by molar-refractivity contribution is -0.743. The van der Waals surface area contributed by atoms with E-state index in [1.165, 1.54) is 61.0 Å². The van der Waals surface area contributed by atoms with E-state index in [0.717, 1.165) is 17.2 Å². The molecule has 4 aromatic carbocycles. The molecule has 5 aliphatic rings. The molecule has 5 aliphatic heterocycles. The van der Waals surface area contributed by atoms with Gasteiger partial charge in [-0.25, -0.2) is 9.58 Å². The van der Waals surface area contributed by atoms with E-state index < -0.39 is 5.54 Å². The molecule has 0 saturated heterocycles. The lowest BCUT2D eigenvalue weighted by Gasteiger charge is -2.42. The second kappa shape index (κ2) is 5.81. The van der Waals surface area contributed by atoms with Gasteiger partial charge in [0.05, 0.1) is 28.6 Å². The smallest absolute Gasteiger partial charge is 0.296 e. The Hall–Kier alpha value is -5.10. The summed E-state index contributed by atoms with van der Waals surface area (Å²) in [5.41, 5.74) is 10.5. The number of likely N-dealkylation sites (N-methyl/N-ethyl adjacent to an activating group) is 1. The molecule has 6 aromatic rings. The van der Waals surface area contributed by atoms with Crippen LogP contribution < -0.4 is 14.3 Å². The molecule has 6 nitrogen and oxygen atoms in total. The molecule has 6 heteroatoms. The van der Waals surface area contributed by atoms with E-state index in [4.69, 9.17) is 9.84 Å². The number of fused-ring (bicyclic) bond motifs is 6. The summed E-state index contributed by atoms with van der Waals surface area (Å²) in [4.78, 5) is 2.26. The third kappa shape index (κ3) is 1.75. The molecular weight excluding hydrogens is 482 g/mol. The number of rotatable bonds is 0. The lowest BCUT2D eigenvalue weighted by atomic mass is 9.76. The fourth-order valence-electron chi connectivity index (χ4n) is 8.34. The first-order valence-corrected chi connectivity index (χ1v) is 13.4. The molecule has 7 heterocycles. The van der Waals surface area contributed by atoms with Crippen molar-refractivity contribution in [2.24, 2.45) is 5.10 Å². The van der Waals surface area contributed by atoms with Crippen LogP contribution in [0.3, 0.4) is 0 Å². The summed E-state index contributed by atoms with van der Waals surface area (Å²) >= 11 is 0. The van der Waals surface area contributed by atoms with Gasteiger partial charge >= 0.3 is 0 Å². The maximum Gasteiger partial charge on any atom is 0.296 e. The first-order valence-electron chi connectivity index (χ1n) is 13.4. The molecule has 0 radical (unpaired) electrons. The third-order valence-electron chi connectivity index (χ3n) is 9.56. The Morgan fingerprint density at radius 3 is 2.44 bits per heavy atom. The van der Waals surface area contributed by atoms with Crippen molar-refractivity contribution in [3.63, 3.8) is 0 Å². The van der Waals surface area contributed by atoms with E-state index in [1.54, 1.807) is 0 Å². The molecule has 11 rings (SSSR count). The van der Waals surface area contributed by atoms with Gasteiger partial charge in [0.2, 0.25) is 5.54 Å². The van der Waals surface area contributed by atoms with Crippen LogP contribution in [-0.2, 0) is 5.54 Å². The molecule has 0 bridgehead atoms. The van der Waals surface area contributed by atoms with E-state index in [9.17, 15) is 0 Å². The maximum atomic E-state index is 6.76. The van der Waals surface area contributed by atoms with Gasteiger partial charge in [0.25, 0.3) is 5.82 Å². The summed E-state index contributed by atoms with van der Waals surface area (Å²) in [5, 5.41) is 9.64. The number of para-hydroxylation sites is 1. The monoisotopic (exact) mass is 502 g/mol. The highest BCUT2D eigenvalue weighted by Crippen LogP contribution is 2.63. The van der Waals surface area contributed by atoms with E-state index in [0.29, 0.717) is 0 Å². The van der Waals surface area contributed by atoms with Gasteiger partial charge in [0.15, 0.2) is 11.7 Å². The number of benzene rings is 4. The maximum absolute atomic E-state index is 6.76. The summed E-state index contributed by atoms with van der Waals surface area (Å²) in [5.74, 6) is 3.02. The van der Waals surface area contributed by atoms with Crippen molar-refractivity contribution in [3.8, 4) is 39.6 Å². The molecule has 2 unspecified atom stereocenters. The fourth-order valence-corrected chi connectivity index (χ4v) is 8.34. The first kappa shape index (κ1) is 19.0. The van der Waals surface area contributed by atoms with Crippen molar-refractivity contribution in [2.75, 3.05) is 12.1 Å². The molecule has 1 spiro atoms. The summed E-state index contributed by atoms with van der Waals surface area (Å²) in [6.45, 7) is 0. The van der Waals surface area contributed by atoms with Crippen molar-refractivity contribution >= 4 is 33.8 Å². The molecule has 0 amide bonds. The number of hydrogen-bond acceptors (Lipinski definition) is 4. The summed E-state index contributed by atoms with van der Waals surface area (Å²) in [6.07, 6.45) is 4.17. The van der Waals surface area contributed by atoms with Gasteiger partial charge in [-0.3, -0.25) is 0 Å². The van der Waals surface area contributed by atoms with Gasteiger partial charge in [-0.1, -0.05) is 42.5 Å². The molecule has 0 N–H and O–H groups in total. The normalized spacial score (nSPS) is 21.3. The molecule has 2 atom stereocenters. The number of pyridine rings is 1. The number of anilines is 1. The summed E-state index contributed by atoms with van der Waals surface area (Å²) < 4.78 is 11.8. The second-order valence-electron chi connectivity index (χ2n) is 11.2. The zero-order chi connectivity index (χ0) is 25.2. The highest BCUT2D eigenvalue weighted by molar-refractivity contribution is 6.17. The van der Waals surface area contributed by atoms with Gasteiger partial charge in [0.1, 0.15) is 23.4 Å². The number of hydrazone groups is 1. The Bertz CT molecular complexity index is 2210. The van der Waals surface area contributed by atoms with E-state index in [1.807, 2.05) is 6.34 Å². The summed E-state index contributed by atoms with van der Waals surface area (Å²) in [6, 6.07) is 30.9. The molecule has 0 saturated carbocycles. The van der Waals surface area contributed by atoms with Crippen molar-refractivity contribution in [2.45, 2.75) is 11.7 Å². The lowest BCUT2D eigenvalue weighted by Crippen LogP contribution is -2.70. The van der Waals surface area contributed by atoms with E-state index >= 15 is 0 Å². The fraction of sp³-hybridized carbons (Fsp3) is 0.0909. The minimum Gasteiger partial charge on any atom is -0.456 e. The number of hydrogen-bond donors (Lipinski definition) is 0. The van der Waals surface area contributed by atoms with Gasteiger partial charge in [-0.2, -0.15) is 9.67 Å². The van der Waals surface area contributed by atoms with Crippen LogP contribution in [0.1, 0.15) is 11.1 Å². The standard InChI is InChI=1S/C33H20N5O/c1-35-17-34-38-24-12-5-13-25-27(24)33(32(35)38)28-26(39-25)15-14-22-21-10-4-9-20-18-7-2-3-8-19(18)23-11-6-16-36(33)31(23)37(29(20)21)30(22)28/h2-17,32H,1H3/q+1. The van der Waals surface area contributed by atoms with Crippen LogP contribution in [0.4, 0.5) is 5.69 Å². The van der Waals surface area contributed by atoms with Crippen LogP contribution in [-0.4, -0.2) is 29.0 Å². The predicted molar refractivity (Wildman–Crippen MR) is 151 cm³/mol. The third-order valence-corrected chi connectivity index (χ3v) is 9.56. The largest absolute Gasteiger partial charge is 0.456 e. The number of aromatic nitrogens is 2. The Balaban J connectivity index is 1.49. The van der Waals surface area contributed by atoms with E-state index in [-0.39, 0.29) is 6.17 Å². The van der Waals surface area contributed by atoms with Crippen LogP contribution >= 0.6 is 0 Å². The molecular formula is C33H20N5O+. The molecule has 0 fully saturated rings. The van der Waals surface area contributed by atoms with Crippen LogP contribution in [0, 0.1) is 0 Å². The number of ether oxygens (including phenoxy) is 1. The minimum absolute atomic E-state index is 0.0665. The topological polar surface area (TPSA) is 36.9 Å². The zero-order valence-corrected chi connectivity index (χ0v) is 21.0. The average molecular weight is 503 g/mol. The Labute approximate surface area is 223 Å². The second-order valence-corrected chi connectivity index (χ2v) is 11.2. The SMILES string of the molecule is CN1C=NN2c3cccc4c3C3(c5c(ccc6c7cccc8c7n(c56)-c5c(ccc[n+]53)-c3ccccc3-8)O4)C12. The van der Waals surface area contributed by atoms with Gasteiger partial charge in [0, 0.05) is 23.4 Å². The average Bonchev–Trinajstić information content (AvgIpc) is 3.59. The van der Waals surface area contributed by atoms with Crippen LogP contribution in [0.5, 0.6) is 11.5 Å².